The lowest BCUT2D eigenvalue weighted by Crippen LogP contribution is -2.60. The van der Waals surface area contributed by atoms with Crippen molar-refractivity contribution < 1.29 is 52.8 Å². The number of hydrogen-bond acceptors (Lipinski definition) is 13. The summed E-state index contributed by atoms with van der Waals surface area (Å²) in [4.78, 5) is 87.4. The van der Waals surface area contributed by atoms with E-state index >= 15 is 0 Å². The van der Waals surface area contributed by atoms with Gasteiger partial charge in [-0.15, -0.1) is 0 Å². The number of methoxy groups -OCH3 is 2. The Hall–Kier alpha value is -3.83. The molecule has 0 saturated carbocycles. The zero-order chi connectivity index (χ0) is 54.7. The first-order chi connectivity index (χ1) is 34.5. The molecule has 1 heterocycles. The van der Waals surface area contributed by atoms with Gasteiger partial charge in [-0.3, -0.25) is 29.4 Å². The molecule has 0 bridgehead atoms. The standard InChI is InChI=1S/C53H83IN6O11S2/c1-15-34(8)46(41(68-13)28-43(61)60-27-19-22-40(60)48(69-14)35(9)49(63)55-36(10)47(62)38-20-17-16-18-21-38)58(11)51(65)44(32(4)5)57-50(64)45(33(6)7)59(12)53(67)71-29-37-23-25-39(26-24-37)56-52(66)70-30-42(31(2)3)72-73-54/h16-18,20-21,23-26,31-36,40-42,44-48,62H,15,19,22,27-30H2,1-14H3,(H,55,63)(H,56,66)(H,57,64)/t34-,35+,36+,40-,41+,42-,44-,45-,46-,47+,48+/m0/s1. The van der Waals surface area contributed by atoms with Crippen molar-refractivity contribution in [3.63, 3.8) is 0 Å². The number of nitrogens with zero attached hydrogens (tertiary/aromatic N) is 3. The van der Waals surface area contributed by atoms with Gasteiger partial charge in [0, 0.05) is 61.8 Å². The van der Waals surface area contributed by atoms with Crippen LogP contribution < -0.4 is 16.0 Å². The van der Waals surface area contributed by atoms with Crippen LogP contribution in [0.15, 0.2) is 54.6 Å². The van der Waals surface area contributed by atoms with E-state index in [1.54, 1.807) is 99.7 Å². The Morgan fingerprint density at radius 1 is 0.822 bits per heavy atom. The first kappa shape index (κ1) is 63.5. The van der Waals surface area contributed by atoms with Gasteiger partial charge >= 0.3 is 12.2 Å². The summed E-state index contributed by atoms with van der Waals surface area (Å²) in [6.45, 7) is 19.6. The maximum Gasteiger partial charge on any atom is 0.411 e. The third-order valence-corrected chi connectivity index (χ3v) is 17.8. The van der Waals surface area contributed by atoms with Crippen molar-refractivity contribution >= 4 is 81.5 Å². The quantitative estimate of drug-likeness (QED) is 0.0465. The number of anilines is 1. The summed E-state index contributed by atoms with van der Waals surface area (Å²) in [5.41, 5.74) is 1.86. The summed E-state index contributed by atoms with van der Waals surface area (Å²) in [7, 11) is 9.46. The van der Waals surface area contributed by atoms with Gasteiger partial charge in [-0.05, 0) is 74.7 Å². The number of aliphatic hydroxyl groups excluding tert-OH is 1. The van der Waals surface area contributed by atoms with Gasteiger partial charge in [-0.1, -0.05) is 122 Å². The number of nitrogens with one attached hydrogen (secondary N) is 3. The van der Waals surface area contributed by atoms with Crippen molar-refractivity contribution in [3.05, 3.63) is 65.7 Å². The summed E-state index contributed by atoms with van der Waals surface area (Å²) in [5, 5.41) is 19.7. The van der Waals surface area contributed by atoms with Gasteiger partial charge in [0.1, 0.15) is 25.3 Å². The number of likely N-dealkylation sites (tertiary alicyclic amines) is 1. The molecular formula is C53H83IN6O11S2. The summed E-state index contributed by atoms with van der Waals surface area (Å²) < 4.78 is 23.1. The highest BCUT2D eigenvalue weighted by Crippen LogP contribution is 2.36. The highest BCUT2D eigenvalue weighted by Gasteiger charge is 2.44. The number of rotatable bonds is 28. The van der Waals surface area contributed by atoms with Crippen LogP contribution in [0.25, 0.3) is 0 Å². The van der Waals surface area contributed by atoms with E-state index in [0.29, 0.717) is 48.5 Å². The molecule has 73 heavy (non-hydrogen) atoms. The molecule has 0 spiro atoms. The van der Waals surface area contributed by atoms with E-state index in [9.17, 15) is 33.9 Å². The number of hydrogen-bond donors (Lipinski definition) is 4. The zero-order valence-electron chi connectivity index (χ0n) is 45.3. The highest BCUT2D eigenvalue weighted by atomic mass is 127. The summed E-state index contributed by atoms with van der Waals surface area (Å²) in [6.07, 6.45) is -1.63. The number of benzene rings is 2. The van der Waals surface area contributed by atoms with Crippen molar-refractivity contribution in [1.29, 1.82) is 0 Å². The van der Waals surface area contributed by atoms with Crippen LogP contribution in [0.1, 0.15) is 112 Å². The van der Waals surface area contributed by atoms with Crippen molar-refractivity contribution in [2.24, 2.45) is 29.6 Å². The van der Waals surface area contributed by atoms with Crippen LogP contribution in [0.4, 0.5) is 15.3 Å². The fraction of sp³-hybridized carbons (Fsp3) is 0.660. The summed E-state index contributed by atoms with van der Waals surface area (Å²) in [6, 6.07) is 12.4. The first-order valence-corrected chi connectivity index (χ1v) is 30.1. The van der Waals surface area contributed by atoms with Gasteiger partial charge < -0.3 is 44.5 Å². The Morgan fingerprint density at radius 2 is 1.47 bits per heavy atom. The second-order valence-corrected chi connectivity index (χ2v) is 25.3. The average molecular weight is 1170 g/mol. The molecule has 3 rings (SSSR count). The predicted molar refractivity (Wildman–Crippen MR) is 298 cm³/mol. The van der Waals surface area contributed by atoms with E-state index in [2.05, 4.69) is 51.0 Å². The third kappa shape index (κ3) is 18.5. The average Bonchev–Trinajstić information content (AvgIpc) is 3.85. The summed E-state index contributed by atoms with van der Waals surface area (Å²) in [5.74, 6) is -2.58. The molecule has 1 aliphatic heterocycles. The first-order valence-electron chi connectivity index (χ1n) is 25.3. The Bertz CT molecular complexity index is 2060. The van der Waals surface area contributed by atoms with Crippen molar-refractivity contribution in [1.82, 2.24) is 25.3 Å². The molecule has 1 saturated heterocycles. The lowest BCUT2D eigenvalue weighted by atomic mass is 9.89. The van der Waals surface area contributed by atoms with E-state index < -0.39 is 72.5 Å². The van der Waals surface area contributed by atoms with E-state index in [1.807, 2.05) is 45.9 Å². The molecular weight excluding hydrogens is 1090 g/mol. The van der Waals surface area contributed by atoms with Gasteiger partial charge in [-0.2, -0.15) is 0 Å². The van der Waals surface area contributed by atoms with E-state index in [0.717, 1.165) is 0 Å². The number of aliphatic hydroxyl groups is 1. The van der Waals surface area contributed by atoms with Crippen molar-refractivity contribution in [3.8, 4) is 0 Å². The van der Waals surface area contributed by atoms with Gasteiger partial charge in [0.15, 0.2) is 0 Å². The molecule has 0 aliphatic carbocycles. The second-order valence-electron chi connectivity index (χ2n) is 20.2. The number of carbonyl (C=O) groups is 6. The van der Waals surface area contributed by atoms with E-state index in [4.69, 9.17) is 18.9 Å². The topological polar surface area (TPSA) is 205 Å². The minimum absolute atomic E-state index is 0.0513. The largest absolute Gasteiger partial charge is 0.448 e. The Labute approximate surface area is 454 Å². The second kappa shape index (κ2) is 31.3. The van der Waals surface area contributed by atoms with Crippen LogP contribution >= 0.6 is 40.0 Å². The van der Waals surface area contributed by atoms with Gasteiger partial charge in [-0.25, -0.2) is 9.59 Å². The minimum atomic E-state index is -0.995. The molecule has 6 amide bonds. The van der Waals surface area contributed by atoms with Crippen LogP contribution in [0.3, 0.4) is 0 Å². The molecule has 2 aromatic carbocycles. The number of likely N-dealkylation sites (N-methyl/N-ethyl adjacent to an activating group) is 2. The highest BCUT2D eigenvalue weighted by molar-refractivity contribution is 14.2. The fourth-order valence-electron chi connectivity index (χ4n) is 9.31. The normalized spacial score (nSPS) is 17.8. The maximum absolute atomic E-state index is 14.7. The fourth-order valence-corrected chi connectivity index (χ4v) is 13.3. The molecule has 410 valence electrons. The van der Waals surface area contributed by atoms with Crippen LogP contribution in [0.5, 0.6) is 0 Å². The third-order valence-electron chi connectivity index (χ3n) is 13.9. The molecule has 2 aromatic rings. The zero-order valence-corrected chi connectivity index (χ0v) is 49.1. The van der Waals surface area contributed by atoms with Crippen LogP contribution in [-0.2, 0) is 44.7 Å². The Balaban J connectivity index is 1.69. The SMILES string of the molecule is CC[C@H](C)[C@@H]([C@@H](CC(=O)N1CCC[C@H]1[C@H](OC)[C@@H](C)C(=O)N[C@H](C)[C@@H](O)c1ccccc1)OC)N(C)C(=O)[C@@H](NC(=O)[C@H](C(C)C)N(C)C(=O)OCc1ccc(NC(=O)OC[C@H](SSI)C(C)C)cc1)C(C)C. The monoisotopic (exact) mass is 1170 g/mol. The summed E-state index contributed by atoms with van der Waals surface area (Å²) >= 11 is 2.20. The number of amides is 6. The minimum Gasteiger partial charge on any atom is -0.448 e. The molecule has 0 aromatic heterocycles. The van der Waals surface area contributed by atoms with Crippen LogP contribution in [0.2, 0.25) is 0 Å². The molecule has 4 N–H and O–H groups in total. The maximum atomic E-state index is 14.7. The predicted octanol–water partition coefficient (Wildman–Crippen LogP) is 8.88. The number of halogens is 1. The van der Waals surface area contributed by atoms with Gasteiger partial charge in [0.05, 0.1) is 54.0 Å². The molecule has 20 heteroatoms. The Kier molecular flexibility index (Phi) is 27.2. The molecule has 0 radical (unpaired) electrons. The number of ether oxygens (including phenoxy) is 4. The van der Waals surface area contributed by atoms with Crippen molar-refractivity contribution in [2.45, 2.75) is 155 Å². The van der Waals surface area contributed by atoms with E-state index in [1.165, 1.54) is 26.2 Å². The van der Waals surface area contributed by atoms with Gasteiger partial charge in [0.25, 0.3) is 0 Å². The van der Waals surface area contributed by atoms with Crippen LogP contribution in [0, 0.1) is 29.6 Å². The molecule has 1 aliphatic rings. The molecule has 11 atom stereocenters. The van der Waals surface area contributed by atoms with E-state index in [-0.39, 0.29) is 60.4 Å². The molecule has 17 nitrogen and oxygen atoms in total. The molecule has 0 unspecified atom stereocenters. The van der Waals surface area contributed by atoms with Crippen molar-refractivity contribution in [2.75, 3.05) is 46.8 Å². The molecule has 1 fully saturated rings. The van der Waals surface area contributed by atoms with Crippen LogP contribution in [-0.4, -0.2) is 145 Å². The lowest BCUT2D eigenvalue weighted by molar-refractivity contribution is -0.148. The lowest BCUT2D eigenvalue weighted by Gasteiger charge is -2.41. The van der Waals surface area contributed by atoms with Gasteiger partial charge in [0.2, 0.25) is 23.6 Å². The Morgan fingerprint density at radius 3 is 2.01 bits per heavy atom. The smallest absolute Gasteiger partial charge is 0.411 e. The number of carbonyl (C=O) groups excluding carboxylic acids is 6.